The molecule has 210 valence electrons. The Morgan fingerprint density at radius 3 is 2.45 bits per heavy atom. The van der Waals surface area contributed by atoms with Gasteiger partial charge in [-0.15, -0.1) is 5.10 Å². The van der Waals surface area contributed by atoms with Crippen LogP contribution in [0.5, 0.6) is 5.75 Å². The number of aryl methyl sites for hydroxylation is 1. The quantitative estimate of drug-likeness (QED) is 0.351. The summed E-state index contributed by atoms with van der Waals surface area (Å²) in [6, 6.07) is 16.6. The van der Waals surface area contributed by atoms with E-state index in [1.54, 1.807) is 7.11 Å². The minimum Gasteiger partial charge on any atom is -0.497 e. The van der Waals surface area contributed by atoms with E-state index in [0.717, 1.165) is 80.0 Å². The van der Waals surface area contributed by atoms with Gasteiger partial charge in [-0.25, -0.2) is 4.68 Å². The molecule has 1 saturated heterocycles. The van der Waals surface area contributed by atoms with Crippen molar-refractivity contribution in [2.75, 3.05) is 33.3 Å². The van der Waals surface area contributed by atoms with Gasteiger partial charge in [0.2, 0.25) is 0 Å². The van der Waals surface area contributed by atoms with E-state index in [2.05, 4.69) is 67.6 Å². The van der Waals surface area contributed by atoms with Crippen LogP contribution in [-0.2, 0) is 13.0 Å². The molecule has 3 heterocycles. The third-order valence-electron chi connectivity index (χ3n) is 8.66. The third kappa shape index (κ3) is 5.53. The van der Waals surface area contributed by atoms with E-state index >= 15 is 0 Å². The van der Waals surface area contributed by atoms with Crippen LogP contribution in [0.15, 0.2) is 53.3 Å². The van der Waals surface area contributed by atoms with Gasteiger partial charge in [0.15, 0.2) is 5.82 Å². The Morgan fingerprint density at radius 1 is 0.975 bits per heavy atom. The van der Waals surface area contributed by atoms with Crippen LogP contribution in [0.2, 0.25) is 0 Å². The van der Waals surface area contributed by atoms with Crippen LogP contribution in [0.3, 0.4) is 0 Å². The van der Waals surface area contributed by atoms with E-state index in [1.165, 1.54) is 30.4 Å². The SMILES string of the molecule is CCc1ccc2[nH]c(=O)c([C@@H](c3nnnn3C3CCCCC3)N3CCN(Cc4ccc(OC)cc4)CC3)cc2c1. The number of H-pyrrole nitrogens is 1. The fraction of sp³-hybridized carbons (Fsp3) is 0.484. The fourth-order valence-electron chi connectivity index (χ4n) is 6.33. The van der Waals surface area contributed by atoms with Gasteiger partial charge in [-0.1, -0.05) is 44.4 Å². The Morgan fingerprint density at radius 2 is 1.73 bits per heavy atom. The molecule has 40 heavy (non-hydrogen) atoms. The number of fused-ring (bicyclic) bond motifs is 1. The predicted molar refractivity (Wildman–Crippen MR) is 156 cm³/mol. The van der Waals surface area contributed by atoms with Crippen LogP contribution in [0.25, 0.3) is 10.9 Å². The molecule has 1 saturated carbocycles. The average molecular weight is 542 g/mol. The number of nitrogens with zero attached hydrogens (tertiary/aromatic N) is 6. The Balaban J connectivity index is 1.32. The number of ether oxygens (including phenoxy) is 1. The maximum absolute atomic E-state index is 13.6. The monoisotopic (exact) mass is 541 g/mol. The average Bonchev–Trinajstić information content (AvgIpc) is 3.48. The van der Waals surface area contributed by atoms with Crippen LogP contribution in [0.4, 0.5) is 0 Å². The summed E-state index contributed by atoms with van der Waals surface area (Å²) in [4.78, 5) is 21.7. The van der Waals surface area contributed by atoms with Gasteiger partial charge in [0, 0.05) is 43.8 Å². The molecule has 1 N–H and O–H groups in total. The zero-order valence-electron chi connectivity index (χ0n) is 23.6. The molecule has 0 amide bonds. The largest absolute Gasteiger partial charge is 0.497 e. The standard InChI is InChI=1S/C31H39N7O2/c1-3-22-11-14-28-24(19-22)20-27(31(39)32-28)29(30-33-34-35-38(30)25-7-5-4-6-8-25)37-17-15-36(16-18-37)21-23-9-12-26(40-2)13-10-23/h9-14,19-20,25,29H,3-8,15-18,21H2,1-2H3,(H,32,39)/t29-/m0/s1. The normalized spacial score (nSPS) is 18.2. The molecule has 0 spiro atoms. The molecule has 1 atom stereocenters. The minimum absolute atomic E-state index is 0.0689. The van der Waals surface area contributed by atoms with Gasteiger partial charge in [-0.2, -0.15) is 0 Å². The van der Waals surface area contributed by atoms with Crippen molar-refractivity contribution in [2.24, 2.45) is 0 Å². The molecule has 9 nitrogen and oxygen atoms in total. The molecule has 9 heteroatoms. The summed E-state index contributed by atoms with van der Waals surface area (Å²) in [7, 11) is 1.69. The first kappa shape index (κ1) is 26.7. The van der Waals surface area contributed by atoms with Gasteiger partial charge in [0.1, 0.15) is 11.8 Å². The molecule has 6 rings (SSSR count). The summed E-state index contributed by atoms with van der Waals surface area (Å²) >= 11 is 0. The number of aromatic amines is 1. The van der Waals surface area contributed by atoms with Crippen molar-refractivity contribution in [2.45, 2.75) is 64.1 Å². The van der Waals surface area contributed by atoms with Gasteiger partial charge < -0.3 is 9.72 Å². The lowest BCUT2D eigenvalue weighted by atomic mass is 9.95. The number of benzene rings is 2. The Kier molecular flexibility index (Phi) is 7.93. The summed E-state index contributed by atoms with van der Waals surface area (Å²) in [5.41, 5.74) is 4.03. The zero-order chi connectivity index (χ0) is 27.5. The number of hydrogen-bond acceptors (Lipinski definition) is 7. The fourth-order valence-corrected chi connectivity index (χ4v) is 6.33. The van der Waals surface area contributed by atoms with Crippen molar-refractivity contribution in [3.8, 4) is 5.75 Å². The van der Waals surface area contributed by atoms with Crippen LogP contribution in [0.1, 0.15) is 73.6 Å². The molecule has 2 aliphatic rings. The molecular formula is C31H39N7O2. The second-order valence-corrected chi connectivity index (χ2v) is 11.2. The number of tetrazole rings is 1. The van der Waals surface area contributed by atoms with Crippen molar-refractivity contribution in [1.82, 2.24) is 35.0 Å². The molecule has 2 aromatic carbocycles. The first-order chi connectivity index (χ1) is 19.6. The molecule has 0 bridgehead atoms. The highest BCUT2D eigenvalue weighted by Crippen LogP contribution is 2.33. The van der Waals surface area contributed by atoms with Gasteiger partial charge in [0.05, 0.1) is 13.2 Å². The smallest absolute Gasteiger partial charge is 0.253 e. The van der Waals surface area contributed by atoms with Crippen LogP contribution >= 0.6 is 0 Å². The number of hydrogen-bond donors (Lipinski definition) is 1. The molecule has 1 aliphatic carbocycles. The first-order valence-electron chi connectivity index (χ1n) is 14.7. The van der Waals surface area contributed by atoms with Crippen LogP contribution in [-0.4, -0.2) is 68.3 Å². The minimum atomic E-state index is -0.307. The summed E-state index contributed by atoms with van der Waals surface area (Å²) < 4.78 is 7.34. The highest BCUT2D eigenvalue weighted by atomic mass is 16.5. The van der Waals surface area contributed by atoms with Crippen molar-refractivity contribution in [1.29, 1.82) is 0 Å². The number of nitrogens with one attached hydrogen (secondary N) is 1. The second kappa shape index (κ2) is 11.9. The second-order valence-electron chi connectivity index (χ2n) is 11.2. The maximum Gasteiger partial charge on any atom is 0.253 e. The topological polar surface area (TPSA) is 92.2 Å². The Bertz CT molecular complexity index is 1480. The number of rotatable bonds is 8. The Hall–Kier alpha value is -3.56. The summed E-state index contributed by atoms with van der Waals surface area (Å²) in [6.07, 6.45) is 6.74. The lowest BCUT2D eigenvalue weighted by Gasteiger charge is -2.39. The summed E-state index contributed by atoms with van der Waals surface area (Å²) in [5, 5.41) is 14.3. The highest BCUT2D eigenvalue weighted by Gasteiger charge is 2.34. The van der Waals surface area contributed by atoms with Gasteiger partial charge in [0.25, 0.3) is 5.56 Å². The van der Waals surface area contributed by atoms with E-state index < -0.39 is 0 Å². The van der Waals surface area contributed by atoms with Crippen molar-refractivity contribution >= 4 is 10.9 Å². The maximum atomic E-state index is 13.6. The van der Waals surface area contributed by atoms with Crippen molar-refractivity contribution in [3.63, 3.8) is 0 Å². The van der Waals surface area contributed by atoms with Gasteiger partial charge in [-0.05, 0) is 76.5 Å². The van der Waals surface area contributed by atoms with E-state index in [0.29, 0.717) is 0 Å². The third-order valence-corrected chi connectivity index (χ3v) is 8.66. The van der Waals surface area contributed by atoms with E-state index in [9.17, 15) is 4.79 Å². The Labute approximate surface area is 235 Å². The van der Waals surface area contributed by atoms with E-state index in [-0.39, 0.29) is 17.6 Å². The van der Waals surface area contributed by atoms with Gasteiger partial charge >= 0.3 is 0 Å². The van der Waals surface area contributed by atoms with E-state index in [1.807, 2.05) is 22.9 Å². The van der Waals surface area contributed by atoms with Crippen molar-refractivity contribution in [3.05, 3.63) is 81.4 Å². The van der Waals surface area contributed by atoms with Crippen LogP contribution < -0.4 is 10.3 Å². The van der Waals surface area contributed by atoms with Crippen LogP contribution in [0, 0.1) is 0 Å². The molecule has 0 unspecified atom stereocenters. The predicted octanol–water partition coefficient (Wildman–Crippen LogP) is 4.50. The molecule has 2 aromatic heterocycles. The molecule has 1 aliphatic heterocycles. The molecule has 2 fully saturated rings. The lowest BCUT2D eigenvalue weighted by Crippen LogP contribution is -2.48. The number of aromatic nitrogens is 5. The summed E-state index contributed by atoms with van der Waals surface area (Å²) in [6.45, 7) is 6.49. The van der Waals surface area contributed by atoms with Crippen molar-refractivity contribution < 1.29 is 4.74 Å². The first-order valence-corrected chi connectivity index (χ1v) is 14.7. The molecular weight excluding hydrogens is 502 g/mol. The molecule has 4 aromatic rings. The number of methoxy groups -OCH3 is 1. The van der Waals surface area contributed by atoms with Gasteiger partial charge in [-0.3, -0.25) is 14.6 Å². The number of pyridine rings is 1. The highest BCUT2D eigenvalue weighted by molar-refractivity contribution is 5.80. The zero-order valence-corrected chi connectivity index (χ0v) is 23.6. The number of piperazine rings is 1. The summed E-state index contributed by atoms with van der Waals surface area (Å²) in [5.74, 6) is 1.66. The molecule has 0 radical (unpaired) electrons. The van der Waals surface area contributed by atoms with E-state index in [4.69, 9.17) is 4.74 Å². The lowest BCUT2D eigenvalue weighted by molar-refractivity contribution is 0.0982.